The molecule has 2 aliphatic rings. The molecule has 5 rings (SSSR count). The number of amides is 2. The van der Waals surface area contributed by atoms with E-state index in [4.69, 9.17) is 14.9 Å². The summed E-state index contributed by atoms with van der Waals surface area (Å²) >= 11 is 1.22. The van der Waals surface area contributed by atoms with Crippen molar-refractivity contribution in [1.29, 1.82) is 0 Å². The summed E-state index contributed by atoms with van der Waals surface area (Å²) in [6, 6.07) is 21.6. The number of nitrogens with one attached hydrogen (secondary N) is 1. The number of carbonyl (C=O) groups excluding carboxylic acids is 2. The number of carboxylic acid groups (broad SMARTS) is 1. The van der Waals surface area contributed by atoms with Gasteiger partial charge in [-0.3, -0.25) is 9.59 Å². The minimum absolute atomic E-state index is 0.0766. The van der Waals surface area contributed by atoms with E-state index in [9.17, 15) is 14.4 Å². The lowest BCUT2D eigenvalue weighted by molar-refractivity contribution is -0.121. The zero-order valence-corrected chi connectivity index (χ0v) is 22.1. The first-order valence-corrected chi connectivity index (χ1v) is 13.2. The molecule has 3 aromatic rings. The van der Waals surface area contributed by atoms with E-state index in [1.807, 2.05) is 55.5 Å². The van der Waals surface area contributed by atoms with Crippen LogP contribution in [0.25, 0.3) is 0 Å². The zero-order valence-electron chi connectivity index (χ0n) is 21.3. The van der Waals surface area contributed by atoms with Gasteiger partial charge in [0.15, 0.2) is 5.17 Å². The van der Waals surface area contributed by atoms with Crippen LogP contribution < -0.4 is 10.1 Å². The quantitative estimate of drug-likeness (QED) is 0.437. The predicted molar refractivity (Wildman–Crippen MR) is 150 cm³/mol. The number of carboxylic acids is 1. The van der Waals surface area contributed by atoms with E-state index in [0.717, 1.165) is 28.2 Å². The molecule has 0 bridgehead atoms. The number of hydrogen-bond acceptors (Lipinski definition) is 7. The fourth-order valence-electron chi connectivity index (χ4n) is 4.37. The van der Waals surface area contributed by atoms with Gasteiger partial charge < -0.3 is 15.2 Å². The van der Waals surface area contributed by atoms with E-state index in [-0.39, 0.29) is 29.8 Å². The second kappa shape index (κ2) is 11.1. The molecule has 2 amide bonds. The van der Waals surface area contributed by atoms with Gasteiger partial charge in [0.05, 0.1) is 24.4 Å². The highest BCUT2D eigenvalue weighted by Gasteiger charge is 2.39. The van der Waals surface area contributed by atoms with Gasteiger partial charge in [-0.25, -0.2) is 9.80 Å². The summed E-state index contributed by atoms with van der Waals surface area (Å²) in [6.07, 6.45) is 0.549. The van der Waals surface area contributed by atoms with Gasteiger partial charge in [0.1, 0.15) is 11.0 Å². The van der Waals surface area contributed by atoms with Gasteiger partial charge in [0.25, 0.3) is 5.91 Å². The van der Waals surface area contributed by atoms with E-state index in [0.29, 0.717) is 17.3 Å². The summed E-state index contributed by atoms with van der Waals surface area (Å²) in [5.74, 6) is -1.06. The predicted octanol–water partition coefficient (Wildman–Crippen LogP) is 4.88. The van der Waals surface area contributed by atoms with Crippen molar-refractivity contribution in [3.8, 4) is 5.75 Å². The summed E-state index contributed by atoms with van der Waals surface area (Å²) in [6.45, 7) is 2.03. The highest BCUT2D eigenvalue weighted by Crippen LogP contribution is 2.39. The van der Waals surface area contributed by atoms with E-state index in [2.05, 4.69) is 10.3 Å². The van der Waals surface area contributed by atoms with E-state index in [1.54, 1.807) is 12.1 Å². The monoisotopic (exact) mass is 542 g/mol. The first-order valence-electron chi connectivity index (χ1n) is 12.3. The maximum Gasteiger partial charge on any atom is 0.335 e. The third-order valence-corrected chi connectivity index (χ3v) is 7.65. The number of amidine groups is 1. The van der Waals surface area contributed by atoms with Gasteiger partial charge >= 0.3 is 5.97 Å². The topological polar surface area (TPSA) is 121 Å². The summed E-state index contributed by atoms with van der Waals surface area (Å²) in [5, 5.41) is 18.2. The van der Waals surface area contributed by atoms with Crippen LogP contribution in [0.2, 0.25) is 0 Å². The lowest BCUT2D eigenvalue weighted by Crippen LogP contribution is -2.25. The molecule has 0 radical (unpaired) electrons. The van der Waals surface area contributed by atoms with Crippen LogP contribution in [0, 0.1) is 6.92 Å². The number of carbonyl (C=O) groups is 3. The van der Waals surface area contributed by atoms with Crippen LogP contribution in [0.3, 0.4) is 0 Å². The summed E-state index contributed by atoms with van der Waals surface area (Å²) in [7, 11) is 1.62. The number of benzene rings is 3. The molecule has 2 atom stereocenters. The standard InChI is InChI=1S/C29H26N4O5S/c1-17-3-5-18(6-4-17)23-15-24(19-9-13-22(38-2)14-10-19)33(32-23)29-31-27(35)25(39-29)16-26(34)30-21-11-7-20(8-12-21)28(36)37/h3-14,24-25H,15-16H2,1-2H3,(H,30,34)(H,36,37)/t24-,25+/m1/s1. The van der Waals surface area contributed by atoms with Gasteiger partial charge in [0.2, 0.25) is 5.91 Å². The lowest BCUT2D eigenvalue weighted by Gasteiger charge is -2.23. The third-order valence-electron chi connectivity index (χ3n) is 6.51. The van der Waals surface area contributed by atoms with Crippen molar-refractivity contribution in [2.75, 3.05) is 12.4 Å². The number of nitrogens with zero attached hydrogens (tertiary/aromatic N) is 3. The Balaban J connectivity index is 1.32. The Morgan fingerprint density at radius 2 is 1.74 bits per heavy atom. The van der Waals surface area contributed by atoms with Crippen LogP contribution >= 0.6 is 11.8 Å². The van der Waals surface area contributed by atoms with E-state index < -0.39 is 11.2 Å². The first kappa shape index (κ1) is 26.2. The molecule has 0 fully saturated rings. The van der Waals surface area contributed by atoms with Crippen molar-refractivity contribution in [2.24, 2.45) is 10.1 Å². The molecule has 2 aliphatic heterocycles. The van der Waals surface area contributed by atoms with Gasteiger partial charge in [-0.05, 0) is 54.4 Å². The highest BCUT2D eigenvalue weighted by molar-refractivity contribution is 8.15. The van der Waals surface area contributed by atoms with E-state index >= 15 is 0 Å². The zero-order chi connectivity index (χ0) is 27.5. The molecular formula is C29H26N4O5S. The number of anilines is 1. The molecule has 2 N–H and O–H groups in total. The van der Waals surface area contributed by atoms with Crippen molar-refractivity contribution < 1.29 is 24.2 Å². The average Bonchev–Trinajstić information content (AvgIpc) is 3.53. The van der Waals surface area contributed by atoms with Crippen molar-refractivity contribution >= 4 is 46.1 Å². The average molecular weight is 543 g/mol. The van der Waals surface area contributed by atoms with Gasteiger partial charge in [-0.15, -0.1) is 0 Å². The lowest BCUT2D eigenvalue weighted by atomic mass is 9.98. The second-order valence-corrected chi connectivity index (χ2v) is 10.4. The Kier molecular flexibility index (Phi) is 7.47. The van der Waals surface area contributed by atoms with Crippen LogP contribution in [0.5, 0.6) is 5.75 Å². The van der Waals surface area contributed by atoms with Crippen molar-refractivity contribution in [3.63, 3.8) is 0 Å². The van der Waals surface area contributed by atoms with Crippen LogP contribution in [-0.2, 0) is 9.59 Å². The minimum Gasteiger partial charge on any atom is -0.497 e. The summed E-state index contributed by atoms with van der Waals surface area (Å²) < 4.78 is 5.31. The van der Waals surface area contributed by atoms with Crippen molar-refractivity contribution in [1.82, 2.24) is 5.01 Å². The maximum absolute atomic E-state index is 12.8. The molecule has 39 heavy (non-hydrogen) atoms. The summed E-state index contributed by atoms with van der Waals surface area (Å²) in [5.41, 5.74) is 4.62. The molecule has 0 spiro atoms. The molecule has 0 unspecified atom stereocenters. The Morgan fingerprint density at radius 3 is 2.38 bits per heavy atom. The first-order chi connectivity index (χ1) is 18.8. The Morgan fingerprint density at radius 1 is 1.05 bits per heavy atom. The molecule has 0 aliphatic carbocycles. The number of aliphatic imine (C=N–C) groups is 1. The molecule has 2 heterocycles. The fourth-order valence-corrected chi connectivity index (χ4v) is 5.44. The van der Waals surface area contributed by atoms with Crippen LogP contribution in [0.4, 0.5) is 5.69 Å². The summed E-state index contributed by atoms with van der Waals surface area (Å²) in [4.78, 5) is 40.8. The molecule has 198 valence electrons. The number of ether oxygens (including phenoxy) is 1. The van der Waals surface area contributed by atoms with E-state index in [1.165, 1.54) is 36.0 Å². The smallest absolute Gasteiger partial charge is 0.335 e. The van der Waals surface area contributed by atoms with Crippen molar-refractivity contribution in [3.05, 3.63) is 95.1 Å². The number of aromatic carboxylic acids is 1. The number of aryl methyl sites for hydroxylation is 1. The number of hydrogen-bond donors (Lipinski definition) is 2. The maximum atomic E-state index is 12.8. The third kappa shape index (κ3) is 5.85. The molecule has 10 heteroatoms. The Labute approximate surface area is 229 Å². The SMILES string of the molecule is COc1ccc([C@H]2CC(c3ccc(C)cc3)=NN2C2=NC(=O)[C@H](CC(=O)Nc3ccc(C(=O)O)cc3)S2)cc1. The normalized spacial score (nSPS) is 18.5. The number of hydrazone groups is 1. The van der Waals surface area contributed by atoms with Crippen LogP contribution in [0.1, 0.15) is 45.9 Å². The van der Waals surface area contributed by atoms with Crippen LogP contribution in [-0.4, -0.2) is 51.1 Å². The molecule has 0 saturated carbocycles. The van der Waals surface area contributed by atoms with Gasteiger partial charge in [-0.2, -0.15) is 10.1 Å². The molecule has 3 aromatic carbocycles. The number of thioether (sulfide) groups is 1. The van der Waals surface area contributed by atoms with Crippen LogP contribution in [0.15, 0.2) is 82.9 Å². The minimum atomic E-state index is -1.05. The second-order valence-electron chi connectivity index (χ2n) is 9.22. The molecular weight excluding hydrogens is 516 g/mol. The van der Waals surface area contributed by atoms with Gasteiger partial charge in [-0.1, -0.05) is 53.7 Å². The molecule has 0 saturated heterocycles. The fraction of sp³-hybridized carbons (Fsp3) is 0.207. The molecule has 0 aromatic heterocycles. The molecule has 9 nitrogen and oxygen atoms in total. The van der Waals surface area contributed by atoms with Crippen molar-refractivity contribution in [2.45, 2.75) is 31.1 Å². The number of rotatable bonds is 7. The van der Waals surface area contributed by atoms with Gasteiger partial charge in [0, 0.05) is 18.5 Å². The Bertz CT molecular complexity index is 1470. The largest absolute Gasteiger partial charge is 0.497 e. The highest BCUT2D eigenvalue weighted by atomic mass is 32.2. The number of methoxy groups -OCH3 is 1. The Hall–Kier alpha value is -4.44.